The minimum atomic E-state index is -0.727. The van der Waals surface area contributed by atoms with Gasteiger partial charge < -0.3 is 14.4 Å². The maximum absolute atomic E-state index is 14.5. The third-order valence-electron chi connectivity index (χ3n) is 6.89. The number of fused-ring (bicyclic) bond motifs is 1. The molecule has 0 radical (unpaired) electrons. The first kappa shape index (κ1) is 22.1. The first-order valence-electron chi connectivity index (χ1n) is 11.3. The molecule has 1 aromatic heterocycles. The average Bonchev–Trinajstić information content (AvgIpc) is 3.33. The second-order valence-corrected chi connectivity index (χ2v) is 9.07. The quantitative estimate of drug-likeness (QED) is 0.681. The molecule has 0 spiro atoms. The molecule has 3 aliphatic rings. The van der Waals surface area contributed by atoms with Crippen molar-refractivity contribution in [2.75, 3.05) is 31.1 Å². The van der Waals surface area contributed by atoms with Crippen LogP contribution in [0.2, 0.25) is 0 Å². The topological polar surface area (TPSA) is 102 Å². The first-order chi connectivity index (χ1) is 16.3. The number of benzene rings is 1. The summed E-state index contributed by atoms with van der Waals surface area (Å²) in [5, 5.41) is 11.5. The van der Waals surface area contributed by atoms with Gasteiger partial charge in [-0.1, -0.05) is 0 Å². The van der Waals surface area contributed by atoms with E-state index in [0.29, 0.717) is 24.5 Å². The third kappa shape index (κ3) is 3.92. The van der Waals surface area contributed by atoms with Gasteiger partial charge in [0.15, 0.2) is 0 Å². The van der Waals surface area contributed by atoms with E-state index in [1.54, 1.807) is 0 Å². The zero-order chi connectivity index (χ0) is 24.0. The summed E-state index contributed by atoms with van der Waals surface area (Å²) in [5.41, 5.74) is 3.39. The summed E-state index contributed by atoms with van der Waals surface area (Å²) in [7, 11) is 1.85. The molecule has 0 bridgehead atoms. The molecule has 1 unspecified atom stereocenters. The normalized spacial score (nSPS) is 21.0. The van der Waals surface area contributed by atoms with E-state index in [2.05, 4.69) is 21.2 Å². The minimum absolute atomic E-state index is 0.178. The Labute approximate surface area is 196 Å². The number of aromatic nitrogens is 1. The lowest BCUT2D eigenvalue weighted by Gasteiger charge is -2.37. The summed E-state index contributed by atoms with van der Waals surface area (Å²) in [6, 6.07) is 6.04. The number of carbonyl (C=O) groups is 3. The van der Waals surface area contributed by atoms with Crippen LogP contribution in [0.3, 0.4) is 0 Å². The molecule has 2 fully saturated rings. The van der Waals surface area contributed by atoms with Crippen LogP contribution in [-0.4, -0.2) is 64.3 Å². The van der Waals surface area contributed by atoms with Crippen LogP contribution in [0.25, 0.3) is 0 Å². The average molecular weight is 465 g/mol. The fourth-order valence-electron chi connectivity index (χ4n) is 5.13. The Kier molecular flexibility index (Phi) is 5.57. The lowest BCUT2D eigenvalue weighted by molar-refractivity contribution is -0.136. The van der Waals surface area contributed by atoms with E-state index in [-0.39, 0.29) is 36.8 Å². The second kappa shape index (κ2) is 8.57. The molecule has 34 heavy (non-hydrogen) atoms. The van der Waals surface area contributed by atoms with Gasteiger partial charge in [-0.25, -0.2) is 4.39 Å². The van der Waals surface area contributed by atoms with Crippen molar-refractivity contribution in [2.45, 2.75) is 32.0 Å². The minimum Gasteiger partial charge on any atom is -0.369 e. The van der Waals surface area contributed by atoms with Crippen molar-refractivity contribution < 1.29 is 18.8 Å². The van der Waals surface area contributed by atoms with Crippen molar-refractivity contribution in [1.29, 1.82) is 5.26 Å². The van der Waals surface area contributed by atoms with Crippen LogP contribution in [0, 0.1) is 17.1 Å². The Bertz CT molecular complexity index is 1220. The number of anilines is 1. The van der Waals surface area contributed by atoms with Crippen LogP contribution < -0.4 is 10.2 Å². The molecule has 1 atom stereocenters. The van der Waals surface area contributed by atoms with E-state index in [0.717, 1.165) is 30.8 Å². The van der Waals surface area contributed by atoms with Gasteiger partial charge in [-0.3, -0.25) is 24.6 Å². The fourth-order valence-corrected chi connectivity index (χ4v) is 5.13. The highest BCUT2D eigenvalue weighted by molar-refractivity contribution is 6.06. The Hall–Kier alpha value is -3.71. The Morgan fingerprint density at radius 3 is 2.59 bits per heavy atom. The van der Waals surface area contributed by atoms with Crippen molar-refractivity contribution >= 4 is 23.4 Å². The van der Waals surface area contributed by atoms with Gasteiger partial charge in [0, 0.05) is 75.7 Å². The number of aryl methyl sites for hydroxylation is 1. The molecule has 3 aliphatic heterocycles. The van der Waals surface area contributed by atoms with Gasteiger partial charge in [0.2, 0.25) is 11.8 Å². The number of hydrogen-bond acceptors (Lipinski definition) is 6. The largest absolute Gasteiger partial charge is 0.369 e. The van der Waals surface area contributed by atoms with Crippen LogP contribution >= 0.6 is 0 Å². The molecule has 2 aromatic rings. The maximum atomic E-state index is 14.5. The summed E-state index contributed by atoms with van der Waals surface area (Å²) in [6.07, 6.45) is 2.41. The van der Waals surface area contributed by atoms with Crippen LogP contribution in [0.15, 0.2) is 24.4 Å². The van der Waals surface area contributed by atoms with E-state index in [9.17, 15) is 18.8 Å². The molecule has 1 aromatic carbocycles. The van der Waals surface area contributed by atoms with E-state index >= 15 is 0 Å². The molecule has 9 nitrogen and oxygen atoms in total. The first-order valence-corrected chi connectivity index (χ1v) is 11.3. The van der Waals surface area contributed by atoms with Gasteiger partial charge in [-0.05, 0) is 30.2 Å². The monoisotopic (exact) mass is 464 g/mol. The van der Waals surface area contributed by atoms with Gasteiger partial charge >= 0.3 is 0 Å². The van der Waals surface area contributed by atoms with Crippen molar-refractivity contribution in [3.8, 4) is 6.07 Å². The van der Waals surface area contributed by atoms with Crippen LogP contribution in [0.5, 0.6) is 0 Å². The Balaban J connectivity index is 1.30. The predicted octanol–water partition coefficient (Wildman–Crippen LogP) is 1.12. The molecule has 176 valence electrons. The van der Waals surface area contributed by atoms with Crippen molar-refractivity contribution in [1.82, 2.24) is 19.7 Å². The van der Waals surface area contributed by atoms with E-state index in [4.69, 9.17) is 5.26 Å². The van der Waals surface area contributed by atoms with Gasteiger partial charge in [0.05, 0.1) is 0 Å². The van der Waals surface area contributed by atoms with Crippen molar-refractivity contribution in [3.05, 3.63) is 52.6 Å². The highest BCUT2D eigenvalue weighted by Gasteiger charge is 2.41. The molecule has 2 saturated heterocycles. The number of imide groups is 1. The molecule has 0 aliphatic carbocycles. The molecule has 4 heterocycles. The number of nitriles is 1. The standard InChI is InChI=1S/C24H25FN6O3/c1-28-12-15(8-17(28)11-26)13-29-4-6-30(7-5-29)21-10-16(25)9-18-19(21)14-31(24(18)34)20-2-3-22(32)27-23(20)33/h8-10,12,20H,2-7,13-14H2,1H3,(H,27,32,33). The summed E-state index contributed by atoms with van der Waals surface area (Å²) in [5.74, 6) is -1.67. The zero-order valence-electron chi connectivity index (χ0n) is 18.9. The lowest BCUT2D eigenvalue weighted by Crippen LogP contribution is -2.52. The van der Waals surface area contributed by atoms with E-state index in [1.165, 1.54) is 17.0 Å². The van der Waals surface area contributed by atoms with Crippen molar-refractivity contribution in [3.63, 3.8) is 0 Å². The molecule has 0 saturated carbocycles. The summed E-state index contributed by atoms with van der Waals surface area (Å²) in [6.45, 7) is 3.80. The Morgan fingerprint density at radius 2 is 1.91 bits per heavy atom. The van der Waals surface area contributed by atoms with Gasteiger partial charge in [-0.15, -0.1) is 0 Å². The van der Waals surface area contributed by atoms with Crippen LogP contribution in [0.4, 0.5) is 10.1 Å². The number of piperidine rings is 1. The molecule has 5 rings (SSSR count). The number of halogens is 1. The lowest BCUT2D eigenvalue weighted by atomic mass is 10.0. The zero-order valence-corrected chi connectivity index (χ0v) is 18.9. The molecule has 1 N–H and O–H groups in total. The van der Waals surface area contributed by atoms with Crippen LogP contribution in [-0.2, 0) is 29.7 Å². The number of nitrogens with zero attached hydrogens (tertiary/aromatic N) is 5. The fraction of sp³-hybridized carbons (Fsp3) is 0.417. The van der Waals surface area contributed by atoms with Crippen LogP contribution in [0.1, 0.15) is 40.0 Å². The van der Waals surface area contributed by atoms with Gasteiger partial charge in [0.25, 0.3) is 5.91 Å². The third-order valence-corrected chi connectivity index (χ3v) is 6.89. The summed E-state index contributed by atoms with van der Waals surface area (Å²) < 4.78 is 16.3. The number of amides is 3. The number of nitrogens with one attached hydrogen (secondary N) is 1. The predicted molar refractivity (Wildman–Crippen MR) is 120 cm³/mol. The number of hydrogen-bond donors (Lipinski definition) is 1. The SMILES string of the molecule is Cn1cc(CN2CCN(c3cc(F)cc4c3CN(C3CCC(=O)NC3=O)C4=O)CC2)cc1C#N. The summed E-state index contributed by atoms with van der Waals surface area (Å²) >= 11 is 0. The van der Waals surface area contributed by atoms with E-state index < -0.39 is 17.8 Å². The summed E-state index contributed by atoms with van der Waals surface area (Å²) in [4.78, 5) is 42.7. The molecule has 3 amide bonds. The highest BCUT2D eigenvalue weighted by Crippen LogP contribution is 2.35. The second-order valence-electron chi connectivity index (χ2n) is 9.07. The number of carbonyl (C=O) groups excluding carboxylic acids is 3. The number of piperazine rings is 1. The smallest absolute Gasteiger partial charge is 0.255 e. The Morgan fingerprint density at radius 1 is 1.15 bits per heavy atom. The van der Waals surface area contributed by atoms with E-state index in [1.807, 2.05) is 23.9 Å². The maximum Gasteiger partial charge on any atom is 0.255 e. The van der Waals surface area contributed by atoms with Gasteiger partial charge in [0.1, 0.15) is 23.6 Å². The van der Waals surface area contributed by atoms with Gasteiger partial charge in [-0.2, -0.15) is 5.26 Å². The number of rotatable bonds is 4. The highest BCUT2D eigenvalue weighted by atomic mass is 19.1. The van der Waals surface area contributed by atoms with Crippen molar-refractivity contribution in [2.24, 2.45) is 7.05 Å². The molecular formula is C24H25FN6O3. The molecular weight excluding hydrogens is 439 g/mol. The molecule has 10 heteroatoms.